The van der Waals surface area contributed by atoms with Crippen molar-refractivity contribution in [2.45, 2.75) is 76.3 Å². The molecule has 45 heavy (non-hydrogen) atoms. The number of likely N-dealkylation sites (tertiary alicyclic amines) is 1. The Morgan fingerprint density at radius 2 is 1.67 bits per heavy atom. The molecule has 2 amide bonds. The molecule has 244 valence electrons. The number of fused-ring (bicyclic) bond motifs is 1. The summed E-state index contributed by atoms with van der Waals surface area (Å²) in [6, 6.07) is 13.3. The van der Waals surface area contributed by atoms with Crippen molar-refractivity contribution < 1.29 is 27.5 Å². The van der Waals surface area contributed by atoms with Crippen LogP contribution in [0.4, 0.5) is 5.82 Å². The smallest absolute Gasteiger partial charge is 0.308 e. The minimum Gasteiger partial charge on any atom is -0.460 e. The van der Waals surface area contributed by atoms with Crippen molar-refractivity contribution in [2.75, 3.05) is 18.8 Å². The fourth-order valence-corrected chi connectivity index (χ4v) is 6.55. The number of nitrogens with one attached hydrogen (secondary N) is 2. The van der Waals surface area contributed by atoms with E-state index in [-0.39, 0.29) is 24.7 Å². The molecule has 4 N–H and O–H groups in total. The molecule has 0 saturated carbocycles. The lowest BCUT2D eigenvalue weighted by molar-refractivity contribution is -0.156. The van der Waals surface area contributed by atoms with E-state index >= 15 is 0 Å². The third-order valence-corrected chi connectivity index (χ3v) is 8.57. The molecule has 1 aliphatic rings. The van der Waals surface area contributed by atoms with Crippen molar-refractivity contribution in [1.82, 2.24) is 19.9 Å². The molecule has 1 aromatic heterocycles. The molecule has 2 aromatic carbocycles. The molecule has 1 fully saturated rings. The molecule has 1 unspecified atom stereocenters. The average Bonchev–Trinajstić information content (AvgIpc) is 2.96. The number of nitrogen functional groups attached to an aromatic ring is 1. The minimum absolute atomic E-state index is 0. The van der Waals surface area contributed by atoms with Crippen LogP contribution in [0.15, 0.2) is 60.8 Å². The van der Waals surface area contributed by atoms with Crippen LogP contribution in [-0.4, -0.2) is 66.9 Å². The van der Waals surface area contributed by atoms with E-state index in [2.05, 4.69) is 15.0 Å². The van der Waals surface area contributed by atoms with Gasteiger partial charge in [0.1, 0.15) is 23.5 Å². The third kappa shape index (κ3) is 10.7. The summed E-state index contributed by atoms with van der Waals surface area (Å²) in [6.45, 7) is 6.17. The quantitative estimate of drug-likeness (QED) is 0.264. The Kier molecular flexibility index (Phi) is 12.3. The van der Waals surface area contributed by atoms with E-state index in [0.29, 0.717) is 24.5 Å². The van der Waals surface area contributed by atoms with Crippen molar-refractivity contribution in [3.05, 3.63) is 71.9 Å². The number of rotatable bonds is 11. The number of sulfonamides is 1. The topological polar surface area (TPSA) is 161 Å². The molecule has 3 aromatic rings. The number of pyridine rings is 1. The maximum atomic E-state index is 13.8. The summed E-state index contributed by atoms with van der Waals surface area (Å²) < 4.78 is 34.1. The van der Waals surface area contributed by atoms with Crippen molar-refractivity contribution in [2.24, 2.45) is 0 Å². The van der Waals surface area contributed by atoms with Gasteiger partial charge in [-0.05, 0) is 62.6 Å². The van der Waals surface area contributed by atoms with E-state index < -0.39 is 51.8 Å². The lowest BCUT2D eigenvalue weighted by atomic mass is 10.00. The van der Waals surface area contributed by atoms with Gasteiger partial charge >= 0.3 is 5.97 Å². The summed E-state index contributed by atoms with van der Waals surface area (Å²) in [6.07, 6.45) is 3.92. The maximum absolute atomic E-state index is 13.8. The Balaban J connectivity index is 0.00000552. The fraction of sp³-hybridized carbons (Fsp3) is 0.438. The summed E-state index contributed by atoms with van der Waals surface area (Å²) >= 11 is 0. The summed E-state index contributed by atoms with van der Waals surface area (Å²) in [5, 5.41) is 4.38. The molecular formula is C32H42ClN5O6S. The number of esters is 1. The lowest BCUT2D eigenvalue weighted by Crippen LogP contribution is -2.56. The normalized spacial score (nSPS) is 15.0. The number of hydrogen-bond acceptors (Lipinski definition) is 8. The van der Waals surface area contributed by atoms with Gasteiger partial charge in [0.2, 0.25) is 21.8 Å². The minimum atomic E-state index is -4.06. The van der Waals surface area contributed by atoms with E-state index in [0.717, 1.165) is 35.6 Å². The highest BCUT2D eigenvalue weighted by Crippen LogP contribution is 2.22. The van der Waals surface area contributed by atoms with E-state index in [1.165, 1.54) is 0 Å². The number of piperidine rings is 1. The highest BCUT2D eigenvalue weighted by Gasteiger charge is 2.34. The number of anilines is 1. The first kappa shape index (κ1) is 35.7. The summed E-state index contributed by atoms with van der Waals surface area (Å²) in [7, 11) is -4.06. The molecular weight excluding hydrogens is 618 g/mol. The maximum Gasteiger partial charge on any atom is 0.308 e. The first-order valence-electron chi connectivity index (χ1n) is 14.8. The van der Waals surface area contributed by atoms with E-state index in [4.69, 9.17) is 10.5 Å². The summed E-state index contributed by atoms with van der Waals surface area (Å²) in [5.41, 5.74) is 6.45. The van der Waals surface area contributed by atoms with Gasteiger partial charge in [-0.1, -0.05) is 48.5 Å². The second kappa shape index (κ2) is 15.5. The number of halogens is 1. The van der Waals surface area contributed by atoms with Crippen molar-refractivity contribution in [3.63, 3.8) is 0 Å². The monoisotopic (exact) mass is 659 g/mol. The number of ether oxygens (including phenoxy) is 1. The highest BCUT2D eigenvalue weighted by molar-refractivity contribution is 7.88. The van der Waals surface area contributed by atoms with Crippen molar-refractivity contribution in [3.8, 4) is 0 Å². The Labute approximate surface area is 270 Å². The van der Waals surface area contributed by atoms with Crippen LogP contribution in [0.1, 0.15) is 57.6 Å². The number of nitrogens with two attached hydrogens (primary N) is 1. The zero-order valence-corrected chi connectivity index (χ0v) is 27.5. The zero-order valence-electron chi connectivity index (χ0n) is 25.8. The van der Waals surface area contributed by atoms with Crippen LogP contribution < -0.4 is 15.8 Å². The Morgan fingerprint density at radius 3 is 2.33 bits per heavy atom. The van der Waals surface area contributed by atoms with Gasteiger partial charge in [0.15, 0.2) is 0 Å². The first-order chi connectivity index (χ1) is 20.8. The van der Waals surface area contributed by atoms with Gasteiger partial charge in [0.25, 0.3) is 0 Å². The number of nitrogens with zero attached hydrogens (tertiary/aromatic N) is 2. The van der Waals surface area contributed by atoms with Gasteiger partial charge < -0.3 is 20.7 Å². The second-order valence-electron chi connectivity index (χ2n) is 12.1. The average molecular weight is 660 g/mol. The van der Waals surface area contributed by atoms with Crippen molar-refractivity contribution >= 4 is 56.8 Å². The van der Waals surface area contributed by atoms with E-state index in [1.807, 2.05) is 24.3 Å². The molecule has 11 nitrogen and oxygen atoms in total. The van der Waals surface area contributed by atoms with Gasteiger partial charge in [-0.25, -0.2) is 18.1 Å². The van der Waals surface area contributed by atoms with Gasteiger partial charge in [0, 0.05) is 31.1 Å². The molecule has 1 aliphatic heterocycles. The molecule has 0 aliphatic carbocycles. The van der Waals surface area contributed by atoms with E-state index in [1.54, 1.807) is 62.2 Å². The first-order valence-corrected chi connectivity index (χ1v) is 16.4. The molecule has 2 heterocycles. The third-order valence-electron chi connectivity index (χ3n) is 7.21. The molecule has 2 atom stereocenters. The van der Waals surface area contributed by atoms with Gasteiger partial charge in [-0.15, -0.1) is 12.4 Å². The number of aromatic nitrogens is 1. The number of benzene rings is 2. The number of hydrogen-bond donors (Lipinski definition) is 3. The lowest BCUT2D eigenvalue weighted by Gasteiger charge is -2.31. The number of carbonyl (C=O) groups excluding carboxylic acids is 3. The molecule has 1 saturated heterocycles. The standard InChI is InChI=1S/C32H41N5O6S.ClH/c1-32(2,3)43-28(38)20-26(36-44(41,42)21-22-10-6-4-7-11-22)30(39)35-27(31(40)37-16-8-5-9-17-37)19-23-12-13-25-24(18-23)14-15-34-29(25)33;/h4,6-7,10-15,18,26-27,36H,5,8-9,16-17,19-21H2,1-3H3,(H2,33,34)(H,35,39);1H/t26-,27?;/m0./s1. The summed E-state index contributed by atoms with van der Waals surface area (Å²) in [5.74, 6) is -1.82. The molecule has 0 spiro atoms. The van der Waals surface area contributed by atoms with E-state index in [9.17, 15) is 22.8 Å². The molecule has 4 rings (SSSR count). The summed E-state index contributed by atoms with van der Waals surface area (Å²) in [4.78, 5) is 46.2. The molecule has 13 heteroatoms. The van der Waals surface area contributed by atoms with Crippen molar-refractivity contribution in [1.29, 1.82) is 0 Å². The molecule has 0 bridgehead atoms. The van der Waals surface area contributed by atoms with Crippen LogP contribution in [-0.2, 0) is 41.3 Å². The Morgan fingerprint density at radius 1 is 0.978 bits per heavy atom. The Hall–Kier alpha value is -3.74. The van der Waals surface area contributed by atoms with Gasteiger partial charge in [0.05, 0.1) is 12.2 Å². The second-order valence-corrected chi connectivity index (χ2v) is 13.9. The van der Waals surface area contributed by atoms with Gasteiger partial charge in [-0.2, -0.15) is 0 Å². The van der Waals surface area contributed by atoms with Crippen LogP contribution in [0.2, 0.25) is 0 Å². The number of amides is 2. The number of carbonyl (C=O) groups is 3. The van der Waals surface area contributed by atoms with Crippen LogP contribution >= 0.6 is 12.4 Å². The molecule has 0 radical (unpaired) electrons. The van der Waals surface area contributed by atoms with Crippen LogP contribution in [0.25, 0.3) is 10.8 Å². The highest BCUT2D eigenvalue weighted by atomic mass is 35.5. The van der Waals surface area contributed by atoms with Crippen LogP contribution in [0.5, 0.6) is 0 Å². The zero-order chi connectivity index (χ0) is 31.9. The predicted octanol–water partition coefficient (Wildman–Crippen LogP) is 3.50. The van der Waals surface area contributed by atoms with Crippen LogP contribution in [0, 0.1) is 0 Å². The SMILES string of the molecule is CC(C)(C)OC(=O)C[C@H](NS(=O)(=O)Cc1ccccc1)C(=O)NC(Cc1ccc2c(N)nccc2c1)C(=O)N1CCCCC1.Cl. The predicted molar refractivity (Wildman–Crippen MR) is 176 cm³/mol. The largest absolute Gasteiger partial charge is 0.460 e. The van der Waals surface area contributed by atoms with Crippen LogP contribution in [0.3, 0.4) is 0 Å². The fourth-order valence-electron chi connectivity index (χ4n) is 5.21. The Bertz CT molecular complexity index is 1590. The van der Waals surface area contributed by atoms with Gasteiger partial charge in [-0.3, -0.25) is 14.4 Å².